The van der Waals surface area contributed by atoms with E-state index in [1.807, 2.05) is 0 Å². The second kappa shape index (κ2) is 6.02. The number of nitrogens with zero attached hydrogens (tertiary/aromatic N) is 1. The Morgan fingerprint density at radius 2 is 2.00 bits per heavy atom. The molecule has 1 saturated carbocycles. The largest absolute Gasteiger partial charge is 0.267 e. The van der Waals surface area contributed by atoms with Crippen molar-refractivity contribution in [2.45, 2.75) is 32.1 Å². The predicted octanol–water partition coefficient (Wildman–Crippen LogP) is 3.17. The summed E-state index contributed by atoms with van der Waals surface area (Å²) < 4.78 is 27.3. The average Bonchev–Trinajstić information content (AvgIpc) is 2.32. The molecule has 0 unspecified atom stereocenters. The van der Waals surface area contributed by atoms with Gasteiger partial charge in [0.25, 0.3) is 0 Å². The molecule has 1 fully saturated rings. The molecule has 1 aliphatic carbocycles. The fraction of sp³-hybridized carbons (Fsp3) is 0.583. The third kappa shape index (κ3) is 4.24. The molecule has 0 bridgehead atoms. The number of hydrogen-bond donors (Lipinski definition) is 1. The first-order valence-corrected chi connectivity index (χ1v) is 8.62. The third-order valence-electron chi connectivity index (χ3n) is 3.17. The lowest BCUT2D eigenvalue weighted by Crippen LogP contribution is -2.24. The number of halogens is 1. The van der Waals surface area contributed by atoms with Crippen LogP contribution in [-0.4, -0.2) is 19.2 Å². The quantitative estimate of drug-likeness (QED) is 0.921. The highest BCUT2D eigenvalue weighted by Gasteiger charge is 2.21. The molecule has 0 aromatic carbocycles. The van der Waals surface area contributed by atoms with E-state index in [2.05, 4.69) is 25.6 Å². The van der Waals surface area contributed by atoms with Crippen molar-refractivity contribution in [1.29, 1.82) is 0 Å². The highest BCUT2D eigenvalue weighted by Crippen LogP contribution is 2.25. The van der Waals surface area contributed by atoms with Gasteiger partial charge in [-0.15, -0.1) is 0 Å². The monoisotopic (exact) mass is 332 g/mol. The van der Waals surface area contributed by atoms with Crippen LogP contribution in [0.1, 0.15) is 32.1 Å². The lowest BCUT2D eigenvalue weighted by atomic mass is 9.91. The van der Waals surface area contributed by atoms with E-state index in [0.717, 1.165) is 30.2 Å². The molecular weight excluding hydrogens is 316 g/mol. The van der Waals surface area contributed by atoms with E-state index in [1.165, 1.54) is 6.42 Å². The van der Waals surface area contributed by atoms with Crippen LogP contribution in [0.25, 0.3) is 0 Å². The number of anilines is 1. The van der Waals surface area contributed by atoms with E-state index in [1.54, 1.807) is 18.3 Å². The Morgan fingerprint density at radius 1 is 1.28 bits per heavy atom. The summed E-state index contributed by atoms with van der Waals surface area (Å²) >= 11 is 3.26. The topological polar surface area (TPSA) is 59.1 Å². The van der Waals surface area contributed by atoms with Gasteiger partial charge in [0.1, 0.15) is 5.82 Å². The van der Waals surface area contributed by atoms with E-state index in [0.29, 0.717) is 11.7 Å². The van der Waals surface area contributed by atoms with Crippen molar-refractivity contribution in [1.82, 2.24) is 4.98 Å². The maximum absolute atomic E-state index is 12.0. The van der Waals surface area contributed by atoms with Gasteiger partial charge in [-0.1, -0.05) is 19.3 Å². The zero-order valence-corrected chi connectivity index (χ0v) is 12.5. The van der Waals surface area contributed by atoms with Gasteiger partial charge < -0.3 is 0 Å². The summed E-state index contributed by atoms with van der Waals surface area (Å²) in [6.45, 7) is 0. The van der Waals surface area contributed by atoms with Gasteiger partial charge in [-0.3, -0.25) is 4.72 Å². The van der Waals surface area contributed by atoms with Gasteiger partial charge in [0.05, 0.1) is 5.75 Å². The number of sulfonamides is 1. The minimum absolute atomic E-state index is 0.213. The SMILES string of the molecule is O=S(=O)(CC1CCCCC1)Nc1ccc(Br)cn1. The van der Waals surface area contributed by atoms with Crippen molar-refractivity contribution in [3.05, 3.63) is 22.8 Å². The number of rotatable bonds is 4. The van der Waals surface area contributed by atoms with Crippen molar-refractivity contribution in [2.75, 3.05) is 10.5 Å². The molecule has 100 valence electrons. The van der Waals surface area contributed by atoms with Crippen molar-refractivity contribution in [2.24, 2.45) is 5.92 Å². The van der Waals surface area contributed by atoms with E-state index in [4.69, 9.17) is 0 Å². The predicted molar refractivity (Wildman–Crippen MR) is 75.9 cm³/mol. The Balaban J connectivity index is 1.96. The number of pyridine rings is 1. The zero-order valence-electron chi connectivity index (χ0n) is 10.1. The van der Waals surface area contributed by atoms with Crippen molar-refractivity contribution in [3.63, 3.8) is 0 Å². The molecule has 0 atom stereocenters. The van der Waals surface area contributed by atoms with Gasteiger partial charge in [-0.05, 0) is 46.8 Å². The fourth-order valence-corrected chi connectivity index (χ4v) is 4.01. The molecular formula is C12H17BrN2O2S. The summed E-state index contributed by atoms with van der Waals surface area (Å²) in [5, 5.41) is 0. The molecule has 4 nitrogen and oxygen atoms in total. The van der Waals surface area contributed by atoms with Gasteiger partial charge in [-0.25, -0.2) is 13.4 Å². The minimum atomic E-state index is -3.27. The molecule has 2 rings (SSSR count). The molecule has 1 aliphatic rings. The Hall–Kier alpha value is -0.620. The molecule has 18 heavy (non-hydrogen) atoms. The summed E-state index contributed by atoms with van der Waals surface area (Å²) in [6, 6.07) is 3.42. The molecule has 0 saturated heterocycles. The summed E-state index contributed by atoms with van der Waals surface area (Å²) in [7, 11) is -3.27. The molecule has 0 aliphatic heterocycles. The van der Waals surface area contributed by atoms with E-state index >= 15 is 0 Å². The van der Waals surface area contributed by atoms with Crippen LogP contribution < -0.4 is 4.72 Å². The van der Waals surface area contributed by atoms with Gasteiger partial charge in [0, 0.05) is 10.7 Å². The highest BCUT2D eigenvalue weighted by atomic mass is 79.9. The first-order valence-electron chi connectivity index (χ1n) is 6.17. The lowest BCUT2D eigenvalue weighted by Gasteiger charge is -2.21. The van der Waals surface area contributed by atoms with Gasteiger partial charge in [0.2, 0.25) is 10.0 Å². The van der Waals surface area contributed by atoms with E-state index < -0.39 is 10.0 Å². The van der Waals surface area contributed by atoms with Gasteiger partial charge in [0.15, 0.2) is 0 Å². The van der Waals surface area contributed by atoms with Crippen LogP contribution in [0.2, 0.25) is 0 Å². The lowest BCUT2D eigenvalue weighted by molar-refractivity contribution is 0.385. The zero-order chi connectivity index (χ0) is 13.0. The Bertz CT molecular complexity index is 481. The highest BCUT2D eigenvalue weighted by molar-refractivity contribution is 9.10. The normalized spacial score (nSPS) is 17.6. The van der Waals surface area contributed by atoms with Crippen LogP contribution in [0, 0.1) is 5.92 Å². The van der Waals surface area contributed by atoms with Gasteiger partial charge >= 0.3 is 0 Å². The van der Waals surface area contributed by atoms with Crippen molar-refractivity contribution in [3.8, 4) is 0 Å². The third-order valence-corrected chi connectivity index (χ3v) is 5.07. The smallest absolute Gasteiger partial charge is 0.234 e. The number of hydrogen-bond acceptors (Lipinski definition) is 3. The first-order chi connectivity index (χ1) is 8.55. The Kier molecular flexibility index (Phi) is 4.61. The Morgan fingerprint density at radius 3 is 2.61 bits per heavy atom. The maximum Gasteiger partial charge on any atom is 0.234 e. The molecule has 1 N–H and O–H groups in total. The summed E-state index contributed by atoms with van der Waals surface area (Å²) in [4.78, 5) is 4.02. The summed E-state index contributed by atoms with van der Waals surface area (Å²) in [5.41, 5.74) is 0. The van der Waals surface area contributed by atoms with Crippen LogP contribution >= 0.6 is 15.9 Å². The molecule has 1 aromatic heterocycles. The second-order valence-corrected chi connectivity index (χ2v) is 7.43. The maximum atomic E-state index is 12.0. The van der Waals surface area contributed by atoms with Crippen LogP contribution in [0.3, 0.4) is 0 Å². The van der Waals surface area contributed by atoms with E-state index in [-0.39, 0.29) is 5.75 Å². The number of aromatic nitrogens is 1. The first kappa shape index (κ1) is 13.8. The van der Waals surface area contributed by atoms with Crippen LogP contribution in [0.4, 0.5) is 5.82 Å². The summed E-state index contributed by atoms with van der Waals surface area (Å²) in [6.07, 6.45) is 7.16. The fourth-order valence-electron chi connectivity index (χ4n) is 2.30. The van der Waals surface area contributed by atoms with Crippen LogP contribution in [-0.2, 0) is 10.0 Å². The minimum Gasteiger partial charge on any atom is -0.267 e. The summed E-state index contributed by atoms with van der Waals surface area (Å²) in [5.74, 6) is 0.894. The Labute approximate surface area is 116 Å². The molecule has 1 aromatic rings. The van der Waals surface area contributed by atoms with E-state index in [9.17, 15) is 8.42 Å². The molecule has 0 amide bonds. The molecule has 6 heteroatoms. The number of nitrogens with one attached hydrogen (secondary N) is 1. The average molecular weight is 333 g/mol. The van der Waals surface area contributed by atoms with Crippen LogP contribution in [0.5, 0.6) is 0 Å². The standard InChI is InChI=1S/C12H17BrN2O2S/c13-11-6-7-12(14-8-11)15-18(16,17)9-10-4-2-1-3-5-10/h6-8,10H,1-5,9H2,(H,14,15). The van der Waals surface area contributed by atoms with Crippen LogP contribution in [0.15, 0.2) is 22.8 Å². The van der Waals surface area contributed by atoms with Crippen molar-refractivity contribution >= 4 is 31.8 Å². The molecule has 1 heterocycles. The van der Waals surface area contributed by atoms with Gasteiger partial charge in [-0.2, -0.15) is 0 Å². The van der Waals surface area contributed by atoms with Crippen molar-refractivity contribution < 1.29 is 8.42 Å². The molecule has 0 radical (unpaired) electrons. The second-order valence-electron chi connectivity index (χ2n) is 4.75. The molecule has 0 spiro atoms.